The molecule has 0 saturated carbocycles. The number of hydrazine groups is 1. The van der Waals surface area contributed by atoms with Gasteiger partial charge in [-0.15, -0.1) is 0 Å². The molecule has 98 valence electrons. The Labute approximate surface area is 112 Å². The summed E-state index contributed by atoms with van der Waals surface area (Å²) in [4.78, 5) is 10.9. The van der Waals surface area contributed by atoms with Crippen molar-refractivity contribution in [3.63, 3.8) is 0 Å². The first-order valence-corrected chi connectivity index (χ1v) is 6.25. The van der Waals surface area contributed by atoms with Gasteiger partial charge in [-0.25, -0.2) is 15.8 Å². The van der Waals surface area contributed by atoms with Gasteiger partial charge in [0.25, 0.3) is 0 Å². The molecule has 0 fully saturated rings. The van der Waals surface area contributed by atoms with Crippen LogP contribution in [0.5, 0.6) is 0 Å². The molecule has 0 spiro atoms. The van der Waals surface area contributed by atoms with Gasteiger partial charge in [-0.1, -0.05) is 18.2 Å². The predicted molar refractivity (Wildman–Crippen MR) is 76.1 cm³/mol. The van der Waals surface area contributed by atoms with Crippen LogP contribution in [0.25, 0.3) is 0 Å². The van der Waals surface area contributed by atoms with Crippen LogP contribution >= 0.6 is 0 Å². The minimum Gasteiger partial charge on any atom is -0.298 e. The maximum Gasteiger partial charge on any atom is 0.188 e. The highest BCUT2D eigenvalue weighted by Crippen LogP contribution is 2.45. The molecule has 5 heteroatoms. The molecule has 0 atom stereocenters. The maximum absolute atomic E-state index is 6.19. The third-order valence-corrected chi connectivity index (χ3v) is 3.59. The van der Waals surface area contributed by atoms with Gasteiger partial charge in [0.15, 0.2) is 11.6 Å². The van der Waals surface area contributed by atoms with E-state index >= 15 is 0 Å². The van der Waals surface area contributed by atoms with E-state index in [2.05, 4.69) is 47.8 Å². The lowest BCUT2D eigenvalue weighted by molar-refractivity contribution is 0.496. The number of hydrogen-bond donors (Lipinski definition) is 1. The highest BCUT2D eigenvalue weighted by molar-refractivity contribution is 5.80. The lowest BCUT2D eigenvalue weighted by Gasteiger charge is -2.37. The Morgan fingerprint density at radius 3 is 2.37 bits per heavy atom. The monoisotopic (exact) mass is 255 g/mol. The molecule has 2 heterocycles. The van der Waals surface area contributed by atoms with Crippen LogP contribution in [0.4, 0.5) is 17.3 Å². The number of nitrogens with zero attached hydrogens (tertiary/aromatic N) is 4. The van der Waals surface area contributed by atoms with E-state index in [0.717, 1.165) is 11.5 Å². The number of para-hydroxylation sites is 1. The van der Waals surface area contributed by atoms with Gasteiger partial charge in [0.1, 0.15) is 5.66 Å². The molecule has 3 rings (SSSR count). The molecule has 0 amide bonds. The normalized spacial score (nSPS) is 16.6. The number of benzene rings is 1. The lowest BCUT2D eigenvalue weighted by Crippen LogP contribution is -2.54. The molecular weight excluding hydrogens is 238 g/mol. The molecule has 1 aromatic carbocycles. The SMILES string of the molecule is Cc1ccccc1N1c2nccnc2N(N)C1(C)C. The summed E-state index contributed by atoms with van der Waals surface area (Å²) in [5, 5.41) is 1.67. The van der Waals surface area contributed by atoms with Gasteiger partial charge >= 0.3 is 0 Å². The fourth-order valence-electron chi connectivity index (χ4n) is 2.50. The first-order chi connectivity index (χ1) is 9.03. The number of nitrogens with two attached hydrogens (primary N) is 1. The number of anilines is 3. The molecule has 19 heavy (non-hydrogen) atoms. The molecule has 1 aliphatic rings. The standard InChI is InChI=1S/C14H17N5/c1-10-6-4-5-7-11(10)18-12-13(17-9-8-16-12)19(15)14(18,2)3/h4-9H,15H2,1-3H3. The highest BCUT2D eigenvalue weighted by Gasteiger charge is 2.44. The zero-order chi connectivity index (χ0) is 13.6. The van der Waals surface area contributed by atoms with E-state index in [1.807, 2.05) is 12.1 Å². The lowest BCUT2D eigenvalue weighted by atomic mass is 10.1. The molecule has 0 bridgehead atoms. The maximum atomic E-state index is 6.19. The van der Waals surface area contributed by atoms with Crippen LogP contribution in [-0.4, -0.2) is 15.6 Å². The van der Waals surface area contributed by atoms with Crippen LogP contribution in [0.1, 0.15) is 19.4 Å². The predicted octanol–water partition coefficient (Wildman–Crippen LogP) is 2.35. The number of fused-ring (bicyclic) bond motifs is 1. The fourth-order valence-corrected chi connectivity index (χ4v) is 2.50. The summed E-state index contributed by atoms with van der Waals surface area (Å²) >= 11 is 0. The van der Waals surface area contributed by atoms with Gasteiger partial charge < -0.3 is 0 Å². The van der Waals surface area contributed by atoms with Crippen LogP contribution in [0.15, 0.2) is 36.7 Å². The zero-order valence-corrected chi connectivity index (χ0v) is 11.3. The summed E-state index contributed by atoms with van der Waals surface area (Å²) in [5.41, 5.74) is 1.88. The van der Waals surface area contributed by atoms with Crippen molar-refractivity contribution in [2.45, 2.75) is 26.4 Å². The van der Waals surface area contributed by atoms with Crippen molar-refractivity contribution in [2.24, 2.45) is 5.84 Å². The smallest absolute Gasteiger partial charge is 0.188 e. The van der Waals surface area contributed by atoms with Gasteiger partial charge in [-0.2, -0.15) is 0 Å². The number of aromatic nitrogens is 2. The Morgan fingerprint density at radius 2 is 1.68 bits per heavy atom. The van der Waals surface area contributed by atoms with Gasteiger partial charge in [-0.3, -0.25) is 9.91 Å². The Bertz CT molecular complexity index is 623. The first-order valence-electron chi connectivity index (χ1n) is 6.25. The summed E-state index contributed by atoms with van der Waals surface area (Å²) in [6.07, 6.45) is 3.36. The van der Waals surface area contributed by atoms with Gasteiger partial charge in [0.05, 0.1) is 0 Å². The average molecular weight is 255 g/mol. The van der Waals surface area contributed by atoms with E-state index in [0.29, 0.717) is 5.82 Å². The zero-order valence-electron chi connectivity index (χ0n) is 11.3. The summed E-state index contributed by atoms with van der Waals surface area (Å²) in [6, 6.07) is 8.21. The molecule has 0 unspecified atom stereocenters. The van der Waals surface area contributed by atoms with E-state index in [1.165, 1.54) is 5.56 Å². The fraction of sp³-hybridized carbons (Fsp3) is 0.286. The average Bonchev–Trinajstić information content (AvgIpc) is 2.59. The Hall–Kier alpha value is -2.14. The Kier molecular flexibility index (Phi) is 2.46. The summed E-state index contributed by atoms with van der Waals surface area (Å²) in [6.45, 7) is 6.20. The Balaban J connectivity index is 2.23. The molecule has 1 aliphatic heterocycles. The molecular formula is C14H17N5. The molecule has 1 aromatic heterocycles. The number of rotatable bonds is 1. The van der Waals surface area contributed by atoms with Crippen molar-refractivity contribution in [3.05, 3.63) is 42.2 Å². The minimum atomic E-state index is -0.407. The van der Waals surface area contributed by atoms with Crippen LogP contribution in [0, 0.1) is 6.92 Å². The molecule has 0 radical (unpaired) electrons. The van der Waals surface area contributed by atoms with Crippen molar-refractivity contribution in [3.8, 4) is 0 Å². The van der Waals surface area contributed by atoms with E-state index in [-0.39, 0.29) is 0 Å². The van der Waals surface area contributed by atoms with Gasteiger partial charge in [0, 0.05) is 18.1 Å². The molecule has 0 aliphatic carbocycles. The van der Waals surface area contributed by atoms with E-state index in [4.69, 9.17) is 5.84 Å². The van der Waals surface area contributed by atoms with Crippen LogP contribution < -0.4 is 15.8 Å². The number of hydrogen-bond acceptors (Lipinski definition) is 5. The largest absolute Gasteiger partial charge is 0.298 e. The molecule has 2 aromatic rings. The van der Waals surface area contributed by atoms with E-state index < -0.39 is 5.66 Å². The topological polar surface area (TPSA) is 58.3 Å². The minimum absolute atomic E-state index is 0.407. The van der Waals surface area contributed by atoms with Crippen molar-refractivity contribution >= 4 is 17.3 Å². The van der Waals surface area contributed by atoms with Gasteiger partial charge in [0.2, 0.25) is 0 Å². The second kappa shape index (κ2) is 3.93. The second-order valence-electron chi connectivity index (χ2n) is 5.19. The van der Waals surface area contributed by atoms with Crippen molar-refractivity contribution in [1.82, 2.24) is 9.97 Å². The molecule has 5 nitrogen and oxygen atoms in total. The van der Waals surface area contributed by atoms with Crippen molar-refractivity contribution < 1.29 is 0 Å². The third kappa shape index (κ3) is 1.58. The summed E-state index contributed by atoms with van der Waals surface area (Å²) < 4.78 is 0. The Morgan fingerprint density at radius 1 is 1.05 bits per heavy atom. The van der Waals surface area contributed by atoms with Gasteiger partial charge in [-0.05, 0) is 32.4 Å². The first kappa shape index (κ1) is 11.9. The second-order valence-corrected chi connectivity index (χ2v) is 5.19. The molecule has 0 saturated heterocycles. The van der Waals surface area contributed by atoms with Crippen LogP contribution in [0.2, 0.25) is 0 Å². The summed E-state index contributed by atoms with van der Waals surface area (Å²) in [5.74, 6) is 7.69. The van der Waals surface area contributed by atoms with E-state index in [9.17, 15) is 0 Å². The highest BCUT2D eigenvalue weighted by atomic mass is 15.6. The van der Waals surface area contributed by atoms with Crippen molar-refractivity contribution in [2.75, 3.05) is 9.91 Å². The van der Waals surface area contributed by atoms with E-state index in [1.54, 1.807) is 17.4 Å². The third-order valence-electron chi connectivity index (χ3n) is 3.59. The quantitative estimate of drug-likeness (QED) is 0.793. The number of aryl methyl sites for hydroxylation is 1. The van der Waals surface area contributed by atoms with Crippen LogP contribution in [0.3, 0.4) is 0 Å². The van der Waals surface area contributed by atoms with Crippen LogP contribution in [-0.2, 0) is 0 Å². The summed E-state index contributed by atoms with van der Waals surface area (Å²) in [7, 11) is 0. The molecule has 2 N–H and O–H groups in total. The van der Waals surface area contributed by atoms with Crippen molar-refractivity contribution in [1.29, 1.82) is 0 Å².